The molecule has 0 radical (unpaired) electrons. The number of nitrogens with one attached hydrogen (secondary N) is 1. The predicted octanol–water partition coefficient (Wildman–Crippen LogP) is 2.51. The molecule has 0 aliphatic rings. The van der Waals surface area contributed by atoms with E-state index in [4.69, 9.17) is 0 Å². The fourth-order valence-corrected chi connectivity index (χ4v) is 2.18. The van der Waals surface area contributed by atoms with Crippen LogP contribution in [-0.2, 0) is 5.41 Å². The highest BCUT2D eigenvalue weighted by atomic mass is 15.2. The van der Waals surface area contributed by atoms with Gasteiger partial charge in [0.25, 0.3) is 0 Å². The second kappa shape index (κ2) is 4.92. The highest BCUT2D eigenvalue weighted by Crippen LogP contribution is 2.23. The molecular formula is C15H17N5. The first-order valence-corrected chi connectivity index (χ1v) is 6.60. The Labute approximate surface area is 117 Å². The smallest absolute Gasteiger partial charge is 0.203 e. The number of fused-ring (bicyclic) bond motifs is 1. The summed E-state index contributed by atoms with van der Waals surface area (Å²) in [7, 11) is 0. The Morgan fingerprint density at radius 3 is 2.80 bits per heavy atom. The van der Waals surface area contributed by atoms with Crippen LogP contribution < -0.4 is 5.32 Å². The second-order valence-electron chi connectivity index (χ2n) is 5.44. The van der Waals surface area contributed by atoms with Gasteiger partial charge in [0, 0.05) is 24.4 Å². The molecule has 0 spiro atoms. The minimum Gasteiger partial charge on any atom is -0.366 e. The van der Waals surface area contributed by atoms with Crippen molar-refractivity contribution in [2.75, 3.05) is 11.9 Å². The van der Waals surface area contributed by atoms with E-state index in [0.717, 1.165) is 18.0 Å². The van der Waals surface area contributed by atoms with Crippen molar-refractivity contribution in [2.24, 2.45) is 0 Å². The first-order chi connectivity index (χ1) is 9.67. The molecule has 0 saturated carbocycles. The topological polar surface area (TPSA) is 55.1 Å². The third-order valence-electron chi connectivity index (χ3n) is 3.47. The molecule has 2 heterocycles. The molecule has 3 rings (SSSR count). The first kappa shape index (κ1) is 12.6. The van der Waals surface area contributed by atoms with E-state index >= 15 is 0 Å². The lowest BCUT2D eigenvalue weighted by Gasteiger charge is -2.25. The summed E-state index contributed by atoms with van der Waals surface area (Å²) in [6.07, 6.45) is 5.25. The fraction of sp³-hybridized carbons (Fsp3) is 0.267. The molecule has 0 fully saturated rings. The van der Waals surface area contributed by atoms with Crippen LogP contribution in [0.3, 0.4) is 0 Å². The Morgan fingerprint density at radius 1 is 1.20 bits per heavy atom. The molecule has 2 aromatic heterocycles. The van der Waals surface area contributed by atoms with Crippen LogP contribution in [0.15, 0.2) is 49.1 Å². The van der Waals surface area contributed by atoms with Crippen LogP contribution in [0, 0.1) is 0 Å². The van der Waals surface area contributed by atoms with E-state index in [2.05, 4.69) is 58.6 Å². The van der Waals surface area contributed by atoms with Gasteiger partial charge < -0.3 is 5.32 Å². The van der Waals surface area contributed by atoms with E-state index in [-0.39, 0.29) is 5.41 Å². The van der Waals surface area contributed by atoms with Crippen LogP contribution in [0.1, 0.15) is 19.4 Å². The maximum atomic E-state index is 4.34. The normalized spacial score (nSPS) is 11.7. The molecule has 1 N–H and O–H groups in total. The van der Waals surface area contributed by atoms with Gasteiger partial charge in [-0.25, -0.2) is 4.98 Å². The van der Waals surface area contributed by atoms with Crippen molar-refractivity contribution in [2.45, 2.75) is 19.3 Å². The number of hydrogen-bond donors (Lipinski definition) is 1. The Bertz CT molecular complexity index is 702. The maximum Gasteiger partial charge on any atom is 0.203 e. The van der Waals surface area contributed by atoms with Gasteiger partial charge in [-0.2, -0.15) is 0 Å². The van der Waals surface area contributed by atoms with E-state index in [9.17, 15) is 0 Å². The van der Waals surface area contributed by atoms with Gasteiger partial charge in [0.15, 0.2) is 5.82 Å². The Hall–Kier alpha value is -2.43. The van der Waals surface area contributed by atoms with Gasteiger partial charge in [-0.3, -0.25) is 4.40 Å². The molecule has 1 aromatic carbocycles. The second-order valence-corrected chi connectivity index (χ2v) is 5.44. The van der Waals surface area contributed by atoms with Crippen molar-refractivity contribution in [1.29, 1.82) is 0 Å². The zero-order chi connectivity index (χ0) is 14.0. The molecule has 0 amide bonds. The Morgan fingerprint density at radius 2 is 2.00 bits per heavy atom. The zero-order valence-electron chi connectivity index (χ0n) is 11.6. The Kier molecular flexibility index (Phi) is 3.10. The number of rotatable bonds is 4. The quantitative estimate of drug-likeness (QED) is 0.789. The van der Waals surface area contributed by atoms with Crippen LogP contribution in [0.25, 0.3) is 5.65 Å². The average Bonchev–Trinajstić information content (AvgIpc) is 2.95. The summed E-state index contributed by atoms with van der Waals surface area (Å²) < 4.78 is 1.85. The monoisotopic (exact) mass is 267 g/mol. The zero-order valence-corrected chi connectivity index (χ0v) is 11.6. The summed E-state index contributed by atoms with van der Waals surface area (Å²) in [5.41, 5.74) is 2.05. The summed E-state index contributed by atoms with van der Waals surface area (Å²) in [4.78, 5) is 4.34. The van der Waals surface area contributed by atoms with Gasteiger partial charge >= 0.3 is 0 Å². The van der Waals surface area contributed by atoms with Crippen LogP contribution in [0.4, 0.5) is 5.82 Å². The summed E-state index contributed by atoms with van der Waals surface area (Å²) >= 11 is 0. The van der Waals surface area contributed by atoms with Gasteiger partial charge in [-0.1, -0.05) is 44.2 Å². The molecule has 3 aromatic rings. The number of aromatic nitrogens is 4. The molecule has 5 nitrogen and oxygen atoms in total. The van der Waals surface area contributed by atoms with Crippen LogP contribution >= 0.6 is 0 Å². The highest BCUT2D eigenvalue weighted by Gasteiger charge is 2.20. The van der Waals surface area contributed by atoms with E-state index in [1.807, 2.05) is 16.7 Å². The molecule has 0 atom stereocenters. The van der Waals surface area contributed by atoms with Gasteiger partial charge in [-0.05, 0) is 5.56 Å². The van der Waals surface area contributed by atoms with Crippen molar-refractivity contribution < 1.29 is 0 Å². The van der Waals surface area contributed by atoms with E-state index in [1.54, 1.807) is 12.5 Å². The van der Waals surface area contributed by atoms with Crippen LogP contribution in [-0.4, -0.2) is 26.1 Å². The van der Waals surface area contributed by atoms with Crippen LogP contribution in [0.5, 0.6) is 0 Å². The molecule has 102 valence electrons. The molecule has 0 aliphatic carbocycles. The van der Waals surface area contributed by atoms with E-state index in [1.165, 1.54) is 5.56 Å². The number of hydrogen-bond acceptors (Lipinski definition) is 4. The molecule has 20 heavy (non-hydrogen) atoms. The minimum atomic E-state index is 0.00972. The van der Waals surface area contributed by atoms with E-state index < -0.39 is 0 Å². The molecule has 0 bridgehead atoms. The minimum absolute atomic E-state index is 0.00972. The van der Waals surface area contributed by atoms with Gasteiger partial charge in [0.1, 0.15) is 6.33 Å². The Balaban J connectivity index is 1.81. The summed E-state index contributed by atoms with van der Waals surface area (Å²) in [6, 6.07) is 10.5. The lowest BCUT2D eigenvalue weighted by Crippen LogP contribution is -2.28. The maximum absolute atomic E-state index is 4.34. The van der Waals surface area contributed by atoms with Crippen LogP contribution in [0.2, 0.25) is 0 Å². The molecule has 0 aliphatic heterocycles. The standard InChI is InChI=1S/C15H17N5/c1-15(2,12-6-4-3-5-7-12)10-17-13-14-19-18-11-20(14)9-8-16-13/h3-9,11H,10H2,1-2H3,(H,16,17). The third kappa shape index (κ3) is 2.34. The van der Waals surface area contributed by atoms with Crippen molar-refractivity contribution in [3.05, 3.63) is 54.6 Å². The molecule has 5 heteroatoms. The van der Waals surface area contributed by atoms with Crippen molar-refractivity contribution in [3.8, 4) is 0 Å². The lowest BCUT2D eigenvalue weighted by molar-refractivity contribution is 0.556. The fourth-order valence-electron chi connectivity index (χ4n) is 2.18. The summed E-state index contributed by atoms with van der Waals surface area (Å²) in [6.45, 7) is 5.19. The summed E-state index contributed by atoms with van der Waals surface area (Å²) in [5.74, 6) is 0.758. The highest BCUT2D eigenvalue weighted by molar-refractivity contribution is 5.61. The first-order valence-electron chi connectivity index (χ1n) is 6.60. The van der Waals surface area contributed by atoms with Crippen molar-refractivity contribution in [3.63, 3.8) is 0 Å². The van der Waals surface area contributed by atoms with Crippen molar-refractivity contribution in [1.82, 2.24) is 19.6 Å². The number of nitrogens with zero attached hydrogens (tertiary/aromatic N) is 4. The third-order valence-corrected chi connectivity index (χ3v) is 3.47. The average molecular weight is 267 g/mol. The number of benzene rings is 1. The molecule has 0 unspecified atom stereocenters. The van der Waals surface area contributed by atoms with E-state index in [0.29, 0.717) is 0 Å². The lowest BCUT2D eigenvalue weighted by atomic mass is 9.85. The van der Waals surface area contributed by atoms with Crippen molar-refractivity contribution >= 4 is 11.5 Å². The number of anilines is 1. The molecular weight excluding hydrogens is 250 g/mol. The SMILES string of the molecule is CC(C)(CNc1nccn2cnnc12)c1ccccc1. The predicted molar refractivity (Wildman–Crippen MR) is 78.7 cm³/mol. The van der Waals surface area contributed by atoms with Gasteiger partial charge in [0.2, 0.25) is 5.65 Å². The van der Waals surface area contributed by atoms with Gasteiger partial charge in [-0.15, -0.1) is 10.2 Å². The summed E-state index contributed by atoms with van der Waals surface area (Å²) in [5, 5.41) is 11.4. The molecule has 0 saturated heterocycles. The van der Waals surface area contributed by atoms with Gasteiger partial charge in [0.05, 0.1) is 0 Å². The largest absolute Gasteiger partial charge is 0.366 e.